The van der Waals surface area contributed by atoms with Crippen LogP contribution in [0.2, 0.25) is 0 Å². The second-order valence-corrected chi connectivity index (χ2v) is 4.27. The van der Waals surface area contributed by atoms with Gasteiger partial charge in [0.2, 0.25) is 0 Å². The normalized spacial score (nSPS) is 11.3. The number of aliphatic hydroxyl groups excluding tert-OH is 1. The Morgan fingerprint density at radius 1 is 1.22 bits per heavy atom. The molecule has 0 radical (unpaired) electrons. The Bertz CT molecular complexity index is 680. The van der Waals surface area contributed by atoms with Gasteiger partial charge in [-0.2, -0.15) is 0 Å². The number of rotatable bonds is 4. The van der Waals surface area contributed by atoms with Gasteiger partial charge < -0.3 is 10.1 Å². The van der Waals surface area contributed by atoms with Crippen LogP contribution in [0.25, 0.3) is 11.2 Å². The van der Waals surface area contributed by atoms with Gasteiger partial charge in [0, 0.05) is 27.1 Å². The number of imidazole rings is 1. The summed E-state index contributed by atoms with van der Waals surface area (Å²) in [6, 6.07) is 0. The monoisotopic (exact) mass is 252 g/mol. The van der Waals surface area contributed by atoms with Crippen LogP contribution in [0.3, 0.4) is 0 Å². The number of H-pyrrole nitrogens is 1. The van der Waals surface area contributed by atoms with Crippen LogP contribution in [0.5, 0.6) is 0 Å². The number of hydrogen-bond acceptors (Lipinski definition) is 4. The number of aromatic amines is 1. The molecule has 0 amide bonds. The molecule has 0 unspecified atom stereocenters. The van der Waals surface area contributed by atoms with Gasteiger partial charge in [-0.05, 0) is 12.8 Å². The maximum Gasteiger partial charge on any atom is 0.332 e. The lowest BCUT2D eigenvalue weighted by Crippen LogP contribution is -2.36. The van der Waals surface area contributed by atoms with Gasteiger partial charge in [-0.3, -0.25) is 13.9 Å². The van der Waals surface area contributed by atoms with Crippen molar-refractivity contribution < 1.29 is 5.11 Å². The van der Waals surface area contributed by atoms with Crippen LogP contribution >= 0.6 is 0 Å². The van der Waals surface area contributed by atoms with Gasteiger partial charge in [-0.15, -0.1) is 0 Å². The molecule has 18 heavy (non-hydrogen) atoms. The number of aromatic nitrogens is 4. The summed E-state index contributed by atoms with van der Waals surface area (Å²) in [4.78, 5) is 30.8. The van der Waals surface area contributed by atoms with Crippen LogP contribution in [-0.4, -0.2) is 30.8 Å². The molecule has 0 bridgehead atoms. The molecule has 0 fully saturated rings. The molecule has 0 aliphatic rings. The van der Waals surface area contributed by atoms with Gasteiger partial charge in [-0.25, -0.2) is 9.78 Å². The van der Waals surface area contributed by atoms with E-state index in [0.717, 1.165) is 11.0 Å². The Morgan fingerprint density at radius 2 is 1.94 bits per heavy atom. The van der Waals surface area contributed by atoms with E-state index >= 15 is 0 Å². The van der Waals surface area contributed by atoms with Gasteiger partial charge in [0.25, 0.3) is 5.56 Å². The molecule has 2 N–H and O–H groups in total. The molecule has 0 atom stereocenters. The zero-order valence-corrected chi connectivity index (χ0v) is 10.4. The van der Waals surface area contributed by atoms with E-state index < -0.39 is 0 Å². The largest absolute Gasteiger partial charge is 0.396 e. The summed E-state index contributed by atoms with van der Waals surface area (Å²) in [7, 11) is 3.03. The molecular weight excluding hydrogens is 236 g/mol. The third-order valence-electron chi connectivity index (χ3n) is 2.97. The van der Waals surface area contributed by atoms with Crippen LogP contribution in [0.15, 0.2) is 9.59 Å². The third-order valence-corrected chi connectivity index (χ3v) is 2.97. The van der Waals surface area contributed by atoms with Crippen LogP contribution in [0, 0.1) is 0 Å². The topological polar surface area (TPSA) is 92.9 Å². The molecule has 2 rings (SSSR count). The van der Waals surface area contributed by atoms with Crippen molar-refractivity contribution in [2.24, 2.45) is 14.1 Å². The predicted octanol–water partition coefficient (Wildman–Crippen LogP) is -0.725. The highest BCUT2D eigenvalue weighted by Crippen LogP contribution is 2.06. The molecule has 2 aromatic rings. The Hall–Kier alpha value is -1.89. The second-order valence-electron chi connectivity index (χ2n) is 4.27. The molecule has 0 saturated heterocycles. The highest BCUT2D eigenvalue weighted by Gasteiger charge is 2.12. The first-order valence-corrected chi connectivity index (χ1v) is 5.81. The summed E-state index contributed by atoms with van der Waals surface area (Å²) in [5.41, 5.74) is -0.0318. The molecule has 0 aromatic carbocycles. The van der Waals surface area contributed by atoms with Crippen molar-refractivity contribution in [3.05, 3.63) is 26.7 Å². The number of nitrogens with zero attached hydrogens (tertiary/aromatic N) is 3. The van der Waals surface area contributed by atoms with Gasteiger partial charge >= 0.3 is 5.69 Å². The average Bonchev–Trinajstić information content (AvgIpc) is 2.78. The fraction of sp³-hybridized carbons (Fsp3) is 0.545. The van der Waals surface area contributed by atoms with Crippen molar-refractivity contribution in [3.8, 4) is 0 Å². The van der Waals surface area contributed by atoms with Crippen LogP contribution in [0.4, 0.5) is 0 Å². The summed E-state index contributed by atoms with van der Waals surface area (Å²) in [6.07, 6.45) is 2.12. The molecular formula is C11H16N4O3. The van der Waals surface area contributed by atoms with E-state index in [1.54, 1.807) is 7.05 Å². The van der Waals surface area contributed by atoms with Crippen LogP contribution in [0.1, 0.15) is 18.7 Å². The lowest BCUT2D eigenvalue weighted by molar-refractivity contribution is 0.284. The first kappa shape index (κ1) is 12.6. The van der Waals surface area contributed by atoms with E-state index in [2.05, 4.69) is 9.97 Å². The average molecular weight is 252 g/mol. The van der Waals surface area contributed by atoms with E-state index in [0.29, 0.717) is 29.8 Å². The molecule has 7 nitrogen and oxygen atoms in total. The van der Waals surface area contributed by atoms with Gasteiger partial charge in [0.15, 0.2) is 5.65 Å². The molecule has 0 aliphatic carbocycles. The Kier molecular flexibility index (Phi) is 3.33. The molecule has 2 aromatic heterocycles. The number of unbranched alkanes of at least 4 members (excludes halogenated alkanes) is 1. The number of aryl methyl sites for hydroxylation is 2. The minimum atomic E-state index is -0.388. The highest BCUT2D eigenvalue weighted by atomic mass is 16.3. The summed E-state index contributed by atoms with van der Waals surface area (Å²) >= 11 is 0. The van der Waals surface area contributed by atoms with E-state index in [-0.39, 0.29) is 17.9 Å². The maximum absolute atomic E-state index is 11.9. The maximum atomic E-state index is 11.9. The fourth-order valence-electron chi connectivity index (χ4n) is 1.90. The van der Waals surface area contributed by atoms with Gasteiger partial charge in [-0.1, -0.05) is 0 Å². The zero-order chi connectivity index (χ0) is 13.3. The second kappa shape index (κ2) is 4.77. The number of hydrogen-bond donors (Lipinski definition) is 2. The van der Waals surface area contributed by atoms with Crippen molar-refractivity contribution >= 4 is 11.2 Å². The number of nitrogens with one attached hydrogen (secondary N) is 1. The van der Waals surface area contributed by atoms with E-state index in [1.165, 1.54) is 11.6 Å². The van der Waals surface area contributed by atoms with Gasteiger partial charge in [0.1, 0.15) is 11.3 Å². The predicted molar refractivity (Wildman–Crippen MR) is 66.6 cm³/mol. The first-order chi connectivity index (χ1) is 8.56. The standard InChI is InChI=1S/C11H16N4O3/c1-14-9-8(10(17)15(2)11(14)18)12-7(13-9)5-3-4-6-16/h16H,3-6H2,1-2H3,(H,12,13). The van der Waals surface area contributed by atoms with Crippen molar-refractivity contribution in [1.29, 1.82) is 0 Å². The summed E-state index contributed by atoms with van der Waals surface area (Å²) < 4.78 is 2.40. The summed E-state index contributed by atoms with van der Waals surface area (Å²) in [6.45, 7) is 0.139. The van der Waals surface area contributed by atoms with E-state index in [4.69, 9.17) is 5.11 Å². The number of aliphatic hydroxyl groups is 1. The molecule has 0 spiro atoms. The Labute approximate surface area is 103 Å². The molecule has 2 heterocycles. The summed E-state index contributed by atoms with van der Waals surface area (Å²) in [5.74, 6) is 0.664. The highest BCUT2D eigenvalue weighted by molar-refractivity contribution is 5.69. The van der Waals surface area contributed by atoms with Crippen LogP contribution in [-0.2, 0) is 20.5 Å². The molecule has 98 valence electrons. The molecule has 0 aliphatic heterocycles. The van der Waals surface area contributed by atoms with Crippen molar-refractivity contribution in [2.75, 3.05) is 6.61 Å². The fourth-order valence-corrected chi connectivity index (χ4v) is 1.90. The smallest absolute Gasteiger partial charge is 0.332 e. The first-order valence-electron chi connectivity index (χ1n) is 5.81. The van der Waals surface area contributed by atoms with Gasteiger partial charge in [0.05, 0.1) is 0 Å². The SMILES string of the molecule is Cn1c(=O)c2[nH]c(CCCCO)nc2n(C)c1=O. The van der Waals surface area contributed by atoms with Crippen molar-refractivity contribution in [1.82, 2.24) is 19.1 Å². The lowest BCUT2D eigenvalue weighted by atomic mass is 10.2. The number of fused-ring (bicyclic) bond motifs is 1. The third kappa shape index (κ3) is 1.97. The van der Waals surface area contributed by atoms with Crippen LogP contribution < -0.4 is 11.2 Å². The molecule has 0 saturated carbocycles. The minimum Gasteiger partial charge on any atom is -0.396 e. The van der Waals surface area contributed by atoms with E-state index in [1.807, 2.05) is 0 Å². The zero-order valence-electron chi connectivity index (χ0n) is 10.4. The lowest BCUT2D eigenvalue weighted by Gasteiger charge is -2.00. The Balaban J connectivity index is 2.51. The van der Waals surface area contributed by atoms with Crippen molar-refractivity contribution in [2.45, 2.75) is 19.3 Å². The van der Waals surface area contributed by atoms with Crippen molar-refractivity contribution in [3.63, 3.8) is 0 Å². The summed E-state index contributed by atoms with van der Waals surface area (Å²) in [5, 5.41) is 8.72. The minimum absolute atomic E-state index is 0.139. The molecule has 7 heteroatoms. The quantitative estimate of drug-likeness (QED) is 0.702. The Morgan fingerprint density at radius 3 is 2.61 bits per heavy atom. The van der Waals surface area contributed by atoms with E-state index in [9.17, 15) is 9.59 Å².